The van der Waals surface area contributed by atoms with E-state index in [1.54, 1.807) is 6.20 Å². The molecule has 12 heavy (non-hydrogen) atoms. The minimum absolute atomic E-state index is 0.223. The second-order valence-electron chi connectivity index (χ2n) is 3.60. The average Bonchev–Trinajstić information content (AvgIpc) is 2.36. The van der Waals surface area contributed by atoms with Crippen molar-refractivity contribution in [2.75, 3.05) is 5.73 Å². The zero-order chi connectivity index (χ0) is 8.60. The van der Waals surface area contributed by atoms with Crippen LogP contribution in [0.3, 0.4) is 0 Å². The number of rotatable bonds is 2. The van der Waals surface area contributed by atoms with Crippen LogP contribution in [0.25, 0.3) is 0 Å². The Bertz CT molecular complexity index is 270. The molecule has 0 unspecified atom stereocenters. The van der Waals surface area contributed by atoms with E-state index in [1.165, 1.54) is 19.3 Å². The fourth-order valence-electron chi connectivity index (χ4n) is 1.99. The molecule has 1 saturated carbocycles. The number of anilines is 1. The molecule has 0 amide bonds. The number of nitrogens with two attached hydrogens (primary N) is 1. The van der Waals surface area contributed by atoms with Gasteiger partial charge in [-0.15, -0.1) is 0 Å². The van der Waals surface area contributed by atoms with E-state index in [2.05, 4.69) is 12.1 Å². The highest BCUT2D eigenvalue weighted by atomic mass is 16.5. The lowest BCUT2D eigenvalue weighted by atomic mass is 9.65. The van der Waals surface area contributed by atoms with Gasteiger partial charge in [-0.2, -0.15) is 0 Å². The molecule has 0 atom stereocenters. The first kappa shape index (κ1) is 7.65. The van der Waals surface area contributed by atoms with Crippen LogP contribution in [0.15, 0.2) is 10.7 Å². The third kappa shape index (κ3) is 0.854. The summed E-state index contributed by atoms with van der Waals surface area (Å²) in [5.74, 6) is 0.913. The van der Waals surface area contributed by atoms with E-state index < -0.39 is 0 Å². The van der Waals surface area contributed by atoms with Gasteiger partial charge in [-0.3, -0.25) is 0 Å². The van der Waals surface area contributed by atoms with Gasteiger partial charge >= 0.3 is 0 Å². The van der Waals surface area contributed by atoms with Gasteiger partial charge in [0.25, 0.3) is 0 Å². The van der Waals surface area contributed by atoms with Crippen molar-refractivity contribution in [3.63, 3.8) is 0 Å². The molecule has 2 rings (SSSR count). The van der Waals surface area contributed by atoms with E-state index in [4.69, 9.17) is 10.3 Å². The Balaban J connectivity index is 2.33. The number of aromatic nitrogens is 1. The molecule has 0 spiro atoms. The van der Waals surface area contributed by atoms with Crippen molar-refractivity contribution in [1.82, 2.24) is 5.16 Å². The van der Waals surface area contributed by atoms with Crippen LogP contribution in [0.4, 0.5) is 5.69 Å². The summed E-state index contributed by atoms with van der Waals surface area (Å²) in [6.07, 6.45) is 6.39. The quantitative estimate of drug-likeness (QED) is 0.731. The van der Waals surface area contributed by atoms with Gasteiger partial charge in [-0.05, 0) is 19.3 Å². The summed E-state index contributed by atoms with van der Waals surface area (Å²) < 4.78 is 5.19. The van der Waals surface area contributed by atoms with Crippen molar-refractivity contribution >= 4 is 5.69 Å². The highest BCUT2D eigenvalue weighted by molar-refractivity contribution is 5.43. The molecule has 66 valence electrons. The van der Waals surface area contributed by atoms with E-state index >= 15 is 0 Å². The zero-order valence-electron chi connectivity index (χ0n) is 7.34. The number of nitrogens with zero attached hydrogens (tertiary/aromatic N) is 1. The molecule has 0 aliphatic heterocycles. The van der Waals surface area contributed by atoms with Gasteiger partial charge in [-0.1, -0.05) is 18.5 Å². The highest BCUT2D eigenvalue weighted by Crippen LogP contribution is 2.47. The van der Waals surface area contributed by atoms with Crippen molar-refractivity contribution in [3.05, 3.63) is 12.0 Å². The zero-order valence-corrected chi connectivity index (χ0v) is 7.34. The predicted molar refractivity (Wildman–Crippen MR) is 46.7 cm³/mol. The van der Waals surface area contributed by atoms with Gasteiger partial charge < -0.3 is 10.3 Å². The third-order valence-electron chi connectivity index (χ3n) is 3.07. The summed E-state index contributed by atoms with van der Waals surface area (Å²) in [4.78, 5) is 0. The number of hydrogen-bond donors (Lipinski definition) is 1. The van der Waals surface area contributed by atoms with Gasteiger partial charge in [0.1, 0.15) is 0 Å². The second-order valence-corrected chi connectivity index (χ2v) is 3.60. The van der Waals surface area contributed by atoms with Crippen LogP contribution in [0.2, 0.25) is 0 Å². The van der Waals surface area contributed by atoms with E-state index in [0.29, 0.717) is 0 Å². The topological polar surface area (TPSA) is 52.0 Å². The van der Waals surface area contributed by atoms with Crippen LogP contribution < -0.4 is 5.73 Å². The molecule has 1 aromatic rings. The highest BCUT2D eigenvalue weighted by Gasteiger charge is 2.41. The molecule has 0 bridgehead atoms. The lowest BCUT2D eigenvalue weighted by molar-refractivity contribution is 0.177. The first-order valence-corrected chi connectivity index (χ1v) is 4.49. The Morgan fingerprint density at radius 1 is 1.67 bits per heavy atom. The van der Waals surface area contributed by atoms with Crippen molar-refractivity contribution in [1.29, 1.82) is 0 Å². The Morgan fingerprint density at radius 2 is 2.42 bits per heavy atom. The maximum Gasteiger partial charge on any atom is 0.165 e. The molecule has 1 fully saturated rings. The summed E-state index contributed by atoms with van der Waals surface area (Å²) in [6, 6.07) is 0. The molecule has 0 aromatic carbocycles. The minimum atomic E-state index is 0.223. The van der Waals surface area contributed by atoms with Crippen molar-refractivity contribution in [2.45, 2.75) is 38.0 Å². The fraction of sp³-hybridized carbons (Fsp3) is 0.667. The van der Waals surface area contributed by atoms with Crippen LogP contribution in [-0.4, -0.2) is 5.16 Å². The van der Waals surface area contributed by atoms with Gasteiger partial charge in [0.2, 0.25) is 0 Å². The molecule has 1 aromatic heterocycles. The Kier molecular flexibility index (Phi) is 1.60. The first-order valence-electron chi connectivity index (χ1n) is 4.49. The summed E-state index contributed by atoms with van der Waals surface area (Å²) in [5.41, 5.74) is 6.70. The van der Waals surface area contributed by atoms with E-state index in [1.807, 2.05) is 0 Å². The van der Waals surface area contributed by atoms with Crippen LogP contribution in [0.5, 0.6) is 0 Å². The fourth-order valence-corrected chi connectivity index (χ4v) is 1.99. The maximum absolute atomic E-state index is 5.76. The number of hydrogen-bond acceptors (Lipinski definition) is 3. The maximum atomic E-state index is 5.76. The molecule has 1 aliphatic carbocycles. The smallest absolute Gasteiger partial charge is 0.165 e. The van der Waals surface area contributed by atoms with Gasteiger partial charge in [0, 0.05) is 5.41 Å². The van der Waals surface area contributed by atoms with Crippen molar-refractivity contribution < 1.29 is 4.52 Å². The summed E-state index contributed by atoms with van der Waals surface area (Å²) in [7, 11) is 0. The summed E-state index contributed by atoms with van der Waals surface area (Å²) in [6.45, 7) is 2.18. The van der Waals surface area contributed by atoms with E-state index in [0.717, 1.165) is 17.9 Å². The van der Waals surface area contributed by atoms with Gasteiger partial charge in [-0.25, -0.2) is 0 Å². The van der Waals surface area contributed by atoms with E-state index in [-0.39, 0.29) is 5.41 Å². The van der Waals surface area contributed by atoms with Gasteiger partial charge in [0.05, 0.1) is 11.9 Å². The first-order chi connectivity index (χ1) is 5.78. The molecular weight excluding hydrogens is 152 g/mol. The molecule has 0 radical (unpaired) electrons. The lowest BCUT2D eigenvalue weighted by Gasteiger charge is -2.38. The van der Waals surface area contributed by atoms with Crippen LogP contribution in [-0.2, 0) is 5.41 Å². The lowest BCUT2D eigenvalue weighted by Crippen LogP contribution is -2.33. The molecular formula is C9H14N2O. The van der Waals surface area contributed by atoms with E-state index in [9.17, 15) is 0 Å². The van der Waals surface area contributed by atoms with Gasteiger partial charge in [0.15, 0.2) is 5.76 Å². The second kappa shape index (κ2) is 2.51. The largest absolute Gasteiger partial charge is 0.395 e. The van der Waals surface area contributed by atoms with Crippen LogP contribution in [0.1, 0.15) is 38.4 Å². The Morgan fingerprint density at radius 3 is 2.75 bits per heavy atom. The normalized spacial score (nSPS) is 20.4. The molecule has 3 nitrogen and oxygen atoms in total. The summed E-state index contributed by atoms with van der Waals surface area (Å²) in [5, 5.41) is 3.72. The monoisotopic (exact) mass is 166 g/mol. The predicted octanol–water partition coefficient (Wildman–Crippen LogP) is 2.09. The third-order valence-corrected chi connectivity index (χ3v) is 3.07. The molecule has 1 heterocycles. The average molecular weight is 166 g/mol. The Labute approximate surface area is 71.9 Å². The SMILES string of the molecule is CCC1(c2oncc2N)CCC1. The summed E-state index contributed by atoms with van der Waals surface area (Å²) >= 11 is 0. The molecule has 3 heteroatoms. The Hall–Kier alpha value is -0.990. The van der Waals surface area contributed by atoms with Crippen molar-refractivity contribution in [3.8, 4) is 0 Å². The molecule has 0 saturated heterocycles. The number of nitrogen functional groups attached to an aromatic ring is 1. The van der Waals surface area contributed by atoms with Crippen LogP contribution in [0, 0.1) is 0 Å². The van der Waals surface area contributed by atoms with Crippen molar-refractivity contribution in [2.24, 2.45) is 0 Å². The van der Waals surface area contributed by atoms with Crippen LogP contribution >= 0.6 is 0 Å². The minimum Gasteiger partial charge on any atom is -0.395 e. The molecule has 2 N–H and O–H groups in total. The molecule has 1 aliphatic rings. The standard InChI is InChI=1S/C9H14N2O/c1-2-9(4-3-5-9)8-7(10)6-11-12-8/h6H,2-5,10H2,1H3.